The molecule has 0 saturated carbocycles. The van der Waals surface area contributed by atoms with E-state index in [-0.39, 0.29) is 23.8 Å². The van der Waals surface area contributed by atoms with Crippen molar-refractivity contribution in [3.63, 3.8) is 0 Å². The molecule has 1 aliphatic rings. The van der Waals surface area contributed by atoms with Gasteiger partial charge >= 0.3 is 6.18 Å². The minimum atomic E-state index is -4.47. The topological polar surface area (TPSA) is 59.0 Å². The zero-order chi connectivity index (χ0) is 19.8. The first kappa shape index (κ1) is 19.7. The monoisotopic (exact) mass is 444 g/mol. The van der Waals surface area contributed by atoms with Crippen LogP contribution in [0.25, 0.3) is 0 Å². The van der Waals surface area contributed by atoms with Crippen LogP contribution in [0.5, 0.6) is 0 Å². The molecule has 2 heterocycles. The molecular weight excluding hydrogens is 425 g/mol. The summed E-state index contributed by atoms with van der Waals surface area (Å²) >= 11 is 3.33. The van der Waals surface area contributed by atoms with Crippen molar-refractivity contribution in [2.24, 2.45) is 0 Å². The van der Waals surface area contributed by atoms with Crippen LogP contribution in [0.4, 0.5) is 19.0 Å². The minimum Gasteiger partial charge on any atom is -0.363 e. The highest BCUT2D eigenvalue weighted by molar-refractivity contribution is 9.10. The molecule has 0 saturated heterocycles. The number of alkyl halides is 3. The lowest BCUT2D eigenvalue weighted by molar-refractivity contribution is -0.173. The highest BCUT2D eigenvalue weighted by Gasteiger charge is 2.47. The highest BCUT2D eigenvalue weighted by Crippen LogP contribution is 2.44. The molecule has 0 fully saturated rings. The van der Waals surface area contributed by atoms with Crippen LogP contribution in [0.15, 0.2) is 34.9 Å². The summed E-state index contributed by atoms with van der Waals surface area (Å²) in [6, 6.07) is 4.62. The molecule has 0 bridgehead atoms. The van der Waals surface area contributed by atoms with Gasteiger partial charge in [-0.1, -0.05) is 35.0 Å². The van der Waals surface area contributed by atoms with Crippen molar-refractivity contribution in [2.45, 2.75) is 51.0 Å². The van der Waals surface area contributed by atoms with Gasteiger partial charge in [-0.15, -0.1) is 0 Å². The Morgan fingerprint density at radius 1 is 1.41 bits per heavy atom. The lowest BCUT2D eigenvalue weighted by Gasteiger charge is -2.34. The van der Waals surface area contributed by atoms with Crippen LogP contribution < -0.4 is 10.6 Å². The average molecular weight is 445 g/mol. The molecule has 0 aliphatic carbocycles. The smallest absolute Gasteiger partial charge is 0.363 e. The number of nitrogens with zero attached hydrogens (tertiary/aromatic N) is 2. The Balaban J connectivity index is 1.98. The molecule has 5 nitrogen and oxygen atoms in total. The maximum absolute atomic E-state index is 13.7. The van der Waals surface area contributed by atoms with Crippen molar-refractivity contribution in [1.29, 1.82) is 0 Å². The number of carbonyl (C=O) groups excluding carboxylic acids is 1. The molecule has 1 aromatic carbocycles. The van der Waals surface area contributed by atoms with Crippen LogP contribution in [0.2, 0.25) is 0 Å². The van der Waals surface area contributed by atoms with E-state index in [0.717, 1.165) is 15.6 Å². The van der Waals surface area contributed by atoms with E-state index in [4.69, 9.17) is 0 Å². The van der Waals surface area contributed by atoms with Crippen LogP contribution >= 0.6 is 15.9 Å². The van der Waals surface area contributed by atoms with Crippen molar-refractivity contribution >= 4 is 27.7 Å². The molecular formula is C18H20BrF3N4O. The number of rotatable bonds is 4. The fourth-order valence-electron chi connectivity index (χ4n) is 3.05. The van der Waals surface area contributed by atoms with E-state index >= 15 is 0 Å². The lowest BCUT2D eigenvalue weighted by Crippen LogP contribution is -2.37. The summed E-state index contributed by atoms with van der Waals surface area (Å²) in [6.07, 6.45) is -2.76. The SMILES string of the molecule is CC[C@H](C)NC(=O)c1cnn2c1N[C@H](c1ccc(Br)cc1)C[C@@H]2C(F)(F)F. The largest absolute Gasteiger partial charge is 0.410 e. The maximum atomic E-state index is 13.7. The Hall–Kier alpha value is -2.03. The normalized spacial score (nSPS) is 20.5. The van der Waals surface area contributed by atoms with Crippen LogP contribution in [0, 0.1) is 0 Å². The van der Waals surface area contributed by atoms with E-state index in [2.05, 4.69) is 31.7 Å². The molecule has 2 N–H and O–H groups in total. The first-order valence-electron chi connectivity index (χ1n) is 8.67. The van der Waals surface area contributed by atoms with E-state index in [9.17, 15) is 18.0 Å². The molecule has 9 heteroatoms. The van der Waals surface area contributed by atoms with Gasteiger partial charge in [-0.2, -0.15) is 18.3 Å². The van der Waals surface area contributed by atoms with Gasteiger partial charge in [-0.05, 0) is 31.0 Å². The predicted octanol–water partition coefficient (Wildman–Crippen LogP) is 4.83. The third-order valence-corrected chi connectivity index (χ3v) is 5.27. The molecule has 1 aliphatic heterocycles. The Labute approximate surface area is 163 Å². The van der Waals surface area contributed by atoms with E-state index in [1.54, 1.807) is 24.3 Å². The fraction of sp³-hybridized carbons (Fsp3) is 0.444. The number of amides is 1. The summed E-state index contributed by atoms with van der Waals surface area (Å²) in [7, 11) is 0. The van der Waals surface area contributed by atoms with Gasteiger partial charge in [0.25, 0.3) is 5.91 Å². The predicted molar refractivity (Wildman–Crippen MR) is 99.7 cm³/mol. The number of carbonyl (C=O) groups is 1. The molecule has 1 aromatic heterocycles. The summed E-state index contributed by atoms with van der Waals surface area (Å²) < 4.78 is 42.7. The number of fused-ring (bicyclic) bond motifs is 1. The van der Waals surface area contributed by atoms with Gasteiger partial charge < -0.3 is 10.6 Å². The number of anilines is 1. The van der Waals surface area contributed by atoms with Gasteiger partial charge in [-0.3, -0.25) is 4.79 Å². The van der Waals surface area contributed by atoms with Crippen molar-refractivity contribution < 1.29 is 18.0 Å². The summed E-state index contributed by atoms with van der Waals surface area (Å²) in [5.41, 5.74) is 0.833. The van der Waals surface area contributed by atoms with Crippen molar-refractivity contribution in [1.82, 2.24) is 15.1 Å². The number of hydrogen-bond donors (Lipinski definition) is 2. The Morgan fingerprint density at radius 2 is 2.07 bits per heavy atom. The zero-order valence-electron chi connectivity index (χ0n) is 14.8. The molecule has 0 radical (unpaired) electrons. The molecule has 27 heavy (non-hydrogen) atoms. The van der Waals surface area contributed by atoms with Crippen molar-refractivity contribution in [2.75, 3.05) is 5.32 Å². The van der Waals surface area contributed by atoms with E-state index in [1.807, 2.05) is 13.8 Å². The quantitative estimate of drug-likeness (QED) is 0.709. The molecule has 0 unspecified atom stereocenters. The molecule has 0 spiro atoms. The summed E-state index contributed by atoms with van der Waals surface area (Å²) in [6.45, 7) is 3.75. The molecule has 146 valence electrons. The van der Waals surface area contributed by atoms with Gasteiger partial charge in [-0.25, -0.2) is 4.68 Å². The van der Waals surface area contributed by atoms with Crippen LogP contribution in [-0.2, 0) is 0 Å². The Kier molecular flexibility index (Phi) is 5.50. The van der Waals surface area contributed by atoms with Gasteiger partial charge in [0.05, 0.1) is 12.2 Å². The number of benzene rings is 1. The highest BCUT2D eigenvalue weighted by atomic mass is 79.9. The third kappa shape index (κ3) is 4.12. The number of aromatic nitrogens is 2. The van der Waals surface area contributed by atoms with Gasteiger partial charge in [0.1, 0.15) is 11.4 Å². The third-order valence-electron chi connectivity index (χ3n) is 4.75. The van der Waals surface area contributed by atoms with Crippen LogP contribution in [0.1, 0.15) is 54.7 Å². The Morgan fingerprint density at radius 3 is 2.67 bits per heavy atom. The van der Waals surface area contributed by atoms with Gasteiger partial charge in [0, 0.05) is 16.9 Å². The number of nitrogens with one attached hydrogen (secondary N) is 2. The second-order valence-electron chi connectivity index (χ2n) is 6.68. The Bertz CT molecular complexity index is 819. The molecule has 2 aromatic rings. The van der Waals surface area contributed by atoms with Gasteiger partial charge in [0.2, 0.25) is 0 Å². The fourth-order valence-corrected chi connectivity index (χ4v) is 3.31. The summed E-state index contributed by atoms with van der Waals surface area (Å²) in [4.78, 5) is 12.5. The average Bonchev–Trinajstić information content (AvgIpc) is 3.04. The second-order valence-corrected chi connectivity index (χ2v) is 7.59. The first-order valence-corrected chi connectivity index (χ1v) is 9.47. The summed E-state index contributed by atoms with van der Waals surface area (Å²) in [5, 5.41) is 9.72. The van der Waals surface area contributed by atoms with E-state index < -0.39 is 24.2 Å². The van der Waals surface area contributed by atoms with Crippen LogP contribution in [0.3, 0.4) is 0 Å². The van der Waals surface area contributed by atoms with Crippen LogP contribution in [-0.4, -0.2) is 27.9 Å². The molecule has 3 atom stereocenters. The first-order chi connectivity index (χ1) is 12.7. The standard InChI is InChI=1S/C18H20BrF3N4O/c1-3-10(2)24-17(27)13-9-23-26-15(18(20,21)22)8-14(25-16(13)26)11-4-6-12(19)7-5-11/h4-7,9-10,14-15,25H,3,8H2,1-2H3,(H,24,27)/t10-,14-,15+/m0/s1. The molecule has 1 amide bonds. The second kappa shape index (κ2) is 7.53. The van der Waals surface area contributed by atoms with Gasteiger partial charge in [0.15, 0.2) is 6.04 Å². The molecule has 3 rings (SSSR count). The van der Waals surface area contributed by atoms with E-state index in [0.29, 0.717) is 5.56 Å². The number of halogens is 4. The van der Waals surface area contributed by atoms with E-state index in [1.165, 1.54) is 6.20 Å². The van der Waals surface area contributed by atoms with Crippen molar-refractivity contribution in [3.05, 3.63) is 46.1 Å². The summed E-state index contributed by atoms with van der Waals surface area (Å²) in [5.74, 6) is -0.340. The number of hydrogen-bond acceptors (Lipinski definition) is 3. The lowest BCUT2D eigenvalue weighted by atomic mass is 9.96. The van der Waals surface area contributed by atoms with Crippen molar-refractivity contribution in [3.8, 4) is 0 Å². The zero-order valence-corrected chi connectivity index (χ0v) is 16.4. The maximum Gasteiger partial charge on any atom is 0.410 e. The minimum absolute atomic E-state index is 0.0858.